The van der Waals surface area contributed by atoms with Gasteiger partial charge in [-0.05, 0) is 17.7 Å². The minimum Gasteiger partial charge on any atom is -0.493 e. The summed E-state index contributed by atoms with van der Waals surface area (Å²) in [7, 11) is 5.74. The van der Waals surface area contributed by atoms with Crippen molar-refractivity contribution < 1.29 is 14.0 Å². The quantitative estimate of drug-likeness (QED) is 0.805. The maximum Gasteiger partial charge on any atom is 0.161 e. The maximum absolute atomic E-state index is 5.46. The van der Waals surface area contributed by atoms with Crippen LogP contribution in [0.4, 0.5) is 0 Å². The van der Waals surface area contributed by atoms with Crippen LogP contribution in [0.1, 0.15) is 16.7 Å². The predicted molar refractivity (Wildman–Crippen MR) is 88.2 cm³/mol. The van der Waals surface area contributed by atoms with Gasteiger partial charge in [0.15, 0.2) is 11.5 Å². The lowest BCUT2D eigenvalue weighted by atomic mass is 9.96. The first kappa shape index (κ1) is 14.9. The minimum atomic E-state index is 0.828. The van der Waals surface area contributed by atoms with Crippen molar-refractivity contribution >= 4 is 0 Å². The zero-order valence-electron chi connectivity index (χ0n) is 13.6. The fourth-order valence-corrected chi connectivity index (χ4v) is 3.38. The van der Waals surface area contributed by atoms with Gasteiger partial charge in [0, 0.05) is 17.5 Å². The average Bonchev–Trinajstić information content (AvgIpc) is 2.54. The summed E-state index contributed by atoms with van der Waals surface area (Å²) in [4.78, 5) is 0. The Balaban J connectivity index is 1.86. The van der Waals surface area contributed by atoms with Gasteiger partial charge in [-0.2, -0.15) is 0 Å². The predicted octanol–water partition coefficient (Wildman–Crippen LogP) is 3.41. The zero-order chi connectivity index (χ0) is 15.6. The number of benzene rings is 2. The summed E-state index contributed by atoms with van der Waals surface area (Å²) >= 11 is 0. The second-order valence-electron chi connectivity index (χ2n) is 6.37. The average molecular weight is 298 g/mol. The second kappa shape index (κ2) is 6.01. The van der Waals surface area contributed by atoms with Crippen LogP contribution in [0.25, 0.3) is 0 Å². The van der Waals surface area contributed by atoms with Crippen LogP contribution in [0.15, 0.2) is 42.5 Å². The molecule has 1 aliphatic rings. The van der Waals surface area contributed by atoms with Crippen molar-refractivity contribution in [2.45, 2.75) is 19.5 Å². The Hall–Kier alpha value is -2.00. The molecule has 0 aliphatic carbocycles. The Kier molecular flexibility index (Phi) is 4.08. The van der Waals surface area contributed by atoms with Crippen molar-refractivity contribution in [3.8, 4) is 11.5 Å². The normalized spacial score (nSPS) is 20.3. The largest absolute Gasteiger partial charge is 0.493 e. The standard InChI is InChI=1S/C19H24NO2/c1-20(13-15-7-5-4-6-8-15)10-9-16-11-18(21-2)19(22-3)12-17(16)14-20/h4-8,11-12H,9-10,13-14H2,1-3H3/q+1. The molecule has 1 heterocycles. The van der Waals surface area contributed by atoms with Gasteiger partial charge in [0.25, 0.3) is 0 Å². The Morgan fingerprint density at radius 1 is 0.955 bits per heavy atom. The topological polar surface area (TPSA) is 18.5 Å². The highest BCUT2D eigenvalue weighted by Gasteiger charge is 2.29. The molecule has 3 heteroatoms. The molecule has 0 saturated carbocycles. The van der Waals surface area contributed by atoms with Gasteiger partial charge in [0.2, 0.25) is 0 Å². The summed E-state index contributed by atoms with van der Waals surface area (Å²) in [5.74, 6) is 1.66. The lowest BCUT2D eigenvalue weighted by Gasteiger charge is -2.39. The molecule has 116 valence electrons. The number of hydrogen-bond acceptors (Lipinski definition) is 2. The summed E-state index contributed by atoms with van der Waals surface area (Å²) in [6.45, 7) is 3.25. The van der Waals surface area contributed by atoms with Crippen molar-refractivity contribution in [3.05, 3.63) is 59.2 Å². The lowest BCUT2D eigenvalue weighted by Crippen LogP contribution is -2.46. The molecule has 0 aromatic heterocycles. The molecule has 1 atom stereocenters. The third-order valence-corrected chi connectivity index (χ3v) is 4.59. The summed E-state index contributed by atoms with van der Waals surface area (Å²) in [6, 6.07) is 15.0. The van der Waals surface area contributed by atoms with Gasteiger partial charge in [0.1, 0.15) is 13.1 Å². The molecule has 3 nitrogen and oxygen atoms in total. The van der Waals surface area contributed by atoms with Gasteiger partial charge >= 0.3 is 0 Å². The van der Waals surface area contributed by atoms with Crippen molar-refractivity contribution in [2.75, 3.05) is 27.8 Å². The third-order valence-electron chi connectivity index (χ3n) is 4.59. The first-order valence-electron chi connectivity index (χ1n) is 7.75. The van der Waals surface area contributed by atoms with Crippen molar-refractivity contribution in [1.82, 2.24) is 0 Å². The first-order chi connectivity index (χ1) is 10.6. The number of likely N-dealkylation sites (N-methyl/N-ethyl adjacent to an activating group) is 1. The summed E-state index contributed by atoms with van der Waals surface area (Å²) in [6.07, 6.45) is 1.08. The fraction of sp³-hybridized carbons (Fsp3) is 0.368. The molecule has 0 N–H and O–H groups in total. The van der Waals surface area contributed by atoms with Crippen LogP contribution >= 0.6 is 0 Å². The maximum atomic E-state index is 5.46. The highest BCUT2D eigenvalue weighted by atomic mass is 16.5. The number of quaternary nitrogens is 1. The van der Waals surface area contributed by atoms with Gasteiger partial charge in [-0.3, -0.25) is 0 Å². The van der Waals surface area contributed by atoms with E-state index in [0.717, 1.165) is 42.0 Å². The van der Waals surface area contributed by atoms with Crippen LogP contribution in [-0.4, -0.2) is 32.3 Å². The summed E-state index contributed by atoms with van der Waals surface area (Å²) in [5.41, 5.74) is 4.16. The van der Waals surface area contributed by atoms with E-state index in [4.69, 9.17) is 9.47 Å². The van der Waals surface area contributed by atoms with Crippen molar-refractivity contribution in [2.24, 2.45) is 0 Å². The molecule has 22 heavy (non-hydrogen) atoms. The lowest BCUT2D eigenvalue weighted by molar-refractivity contribution is -0.937. The molecule has 0 fully saturated rings. The number of methoxy groups -OCH3 is 2. The molecule has 0 radical (unpaired) electrons. The van der Waals surface area contributed by atoms with E-state index in [9.17, 15) is 0 Å². The van der Waals surface area contributed by atoms with Crippen LogP contribution in [0.2, 0.25) is 0 Å². The molecule has 1 aliphatic heterocycles. The van der Waals surface area contributed by atoms with Crippen LogP contribution < -0.4 is 9.47 Å². The number of nitrogens with zero attached hydrogens (tertiary/aromatic N) is 1. The van der Waals surface area contributed by atoms with E-state index in [-0.39, 0.29) is 0 Å². The van der Waals surface area contributed by atoms with E-state index >= 15 is 0 Å². The van der Waals surface area contributed by atoms with E-state index in [1.165, 1.54) is 16.7 Å². The molecule has 0 spiro atoms. The molecule has 0 amide bonds. The number of hydrogen-bond donors (Lipinski definition) is 0. The summed E-state index contributed by atoms with van der Waals surface area (Å²) < 4.78 is 11.9. The van der Waals surface area contributed by atoms with E-state index in [1.54, 1.807) is 14.2 Å². The molecule has 1 unspecified atom stereocenters. The number of rotatable bonds is 4. The smallest absolute Gasteiger partial charge is 0.161 e. The van der Waals surface area contributed by atoms with Gasteiger partial charge in [-0.15, -0.1) is 0 Å². The second-order valence-corrected chi connectivity index (χ2v) is 6.37. The first-order valence-corrected chi connectivity index (χ1v) is 7.75. The molecule has 0 saturated heterocycles. The fourth-order valence-electron chi connectivity index (χ4n) is 3.38. The van der Waals surface area contributed by atoms with Gasteiger partial charge in [-0.25, -0.2) is 0 Å². The Bertz CT molecular complexity index is 654. The van der Waals surface area contributed by atoms with Crippen LogP contribution in [0.3, 0.4) is 0 Å². The van der Waals surface area contributed by atoms with Crippen molar-refractivity contribution in [1.29, 1.82) is 0 Å². The zero-order valence-corrected chi connectivity index (χ0v) is 13.6. The Labute approximate surface area is 132 Å². The van der Waals surface area contributed by atoms with Crippen LogP contribution in [0.5, 0.6) is 11.5 Å². The SMILES string of the molecule is COc1cc2c(cc1OC)C[N+](C)(Cc1ccccc1)CC2. The van der Waals surface area contributed by atoms with Gasteiger partial charge in [-0.1, -0.05) is 30.3 Å². The molecule has 2 aromatic carbocycles. The van der Waals surface area contributed by atoms with Crippen LogP contribution in [0, 0.1) is 0 Å². The Morgan fingerprint density at radius 3 is 2.23 bits per heavy atom. The van der Waals surface area contributed by atoms with E-state index in [1.807, 2.05) is 0 Å². The minimum absolute atomic E-state index is 0.828. The van der Waals surface area contributed by atoms with Crippen molar-refractivity contribution in [3.63, 3.8) is 0 Å². The van der Waals surface area contributed by atoms with E-state index < -0.39 is 0 Å². The van der Waals surface area contributed by atoms with Gasteiger partial charge in [0.05, 0.1) is 27.8 Å². The molecular weight excluding hydrogens is 274 g/mol. The van der Waals surface area contributed by atoms with Gasteiger partial charge < -0.3 is 14.0 Å². The highest BCUT2D eigenvalue weighted by molar-refractivity contribution is 5.47. The van der Waals surface area contributed by atoms with E-state index in [0.29, 0.717) is 0 Å². The van der Waals surface area contributed by atoms with E-state index in [2.05, 4.69) is 49.5 Å². The van der Waals surface area contributed by atoms with Crippen LogP contribution in [-0.2, 0) is 19.5 Å². The Morgan fingerprint density at radius 2 is 1.59 bits per heavy atom. The summed E-state index contributed by atoms with van der Waals surface area (Å²) in [5, 5.41) is 0. The number of ether oxygens (including phenoxy) is 2. The molecule has 2 aromatic rings. The third kappa shape index (κ3) is 2.95. The number of fused-ring (bicyclic) bond motifs is 1. The molecule has 0 bridgehead atoms. The monoisotopic (exact) mass is 298 g/mol. The molecule has 3 rings (SSSR count). The highest BCUT2D eigenvalue weighted by Crippen LogP contribution is 2.35. The molecular formula is C19H24NO2+.